The maximum atomic E-state index is 9.53. The number of benzene rings is 1. The minimum absolute atomic E-state index is 0.000896. The summed E-state index contributed by atoms with van der Waals surface area (Å²) in [6.07, 6.45) is 3.76. The Morgan fingerprint density at radius 1 is 1.25 bits per heavy atom. The molecule has 0 saturated carbocycles. The number of halogens is 1. The van der Waals surface area contributed by atoms with E-state index in [1.54, 1.807) is 18.5 Å². The van der Waals surface area contributed by atoms with Gasteiger partial charge in [-0.2, -0.15) is 5.26 Å². The molecule has 2 aromatic rings. The van der Waals surface area contributed by atoms with E-state index in [9.17, 15) is 10.4 Å². The van der Waals surface area contributed by atoms with E-state index < -0.39 is 0 Å². The quantitative estimate of drug-likeness (QED) is 0.915. The fourth-order valence-electron chi connectivity index (χ4n) is 2.36. The minimum Gasteiger partial charge on any atom is -0.396 e. The molecule has 0 saturated heterocycles. The third-order valence-corrected chi connectivity index (χ3v) is 3.68. The van der Waals surface area contributed by atoms with Crippen molar-refractivity contribution in [1.82, 2.24) is 4.98 Å². The van der Waals surface area contributed by atoms with Gasteiger partial charge in [0.05, 0.1) is 12.0 Å². The van der Waals surface area contributed by atoms with Crippen molar-refractivity contribution in [1.29, 1.82) is 5.26 Å². The number of rotatable bonds is 5. The van der Waals surface area contributed by atoms with Gasteiger partial charge in [0.15, 0.2) is 0 Å². The second kappa shape index (κ2) is 7.04. The van der Waals surface area contributed by atoms with Crippen molar-refractivity contribution in [2.45, 2.75) is 18.3 Å². The van der Waals surface area contributed by atoms with Crippen molar-refractivity contribution in [3.63, 3.8) is 0 Å². The summed E-state index contributed by atoms with van der Waals surface area (Å²) in [4.78, 5) is 4.08. The second-order valence-electron chi connectivity index (χ2n) is 4.53. The first-order valence-electron chi connectivity index (χ1n) is 6.42. The van der Waals surface area contributed by atoms with E-state index in [-0.39, 0.29) is 18.4 Å². The monoisotopic (exact) mass is 286 g/mol. The molecule has 1 aromatic heterocycles. The van der Waals surface area contributed by atoms with Crippen molar-refractivity contribution >= 4 is 11.6 Å². The van der Waals surface area contributed by atoms with Crippen molar-refractivity contribution in [3.05, 3.63) is 64.9 Å². The summed E-state index contributed by atoms with van der Waals surface area (Å²) < 4.78 is 0. The molecule has 1 N–H and O–H groups in total. The van der Waals surface area contributed by atoms with Crippen molar-refractivity contribution in [3.8, 4) is 6.07 Å². The van der Waals surface area contributed by atoms with Crippen molar-refractivity contribution < 1.29 is 5.11 Å². The lowest BCUT2D eigenvalue weighted by molar-refractivity contribution is 0.272. The Hall–Kier alpha value is -1.89. The van der Waals surface area contributed by atoms with Crippen LogP contribution in [0.3, 0.4) is 0 Å². The van der Waals surface area contributed by atoms with Gasteiger partial charge in [0.1, 0.15) is 0 Å². The topological polar surface area (TPSA) is 56.9 Å². The van der Waals surface area contributed by atoms with Crippen LogP contribution in [0.15, 0.2) is 48.8 Å². The Balaban J connectivity index is 2.42. The Morgan fingerprint density at radius 3 is 2.60 bits per heavy atom. The van der Waals surface area contributed by atoms with Crippen LogP contribution in [0.1, 0.15) is 29.4 Å². The van der Waals surface area contributed by atoms with Crippen LogP contribution in [0.2, 0.25) is 5.02 Å². The first-order valence-corrected chi connectivity index (χ1v) is 6.80. The van der Waals surface area contributed by atoms with E-state index in [0.29, 0.717) is 11.4 Å². The first kappa shape index (κ1) is 14.5. The lowest BCUT2D eigenvalue weighted by atomic mass is 9.81. The third-order valence-electron chi connectivity index (χ3n) is 3.34. The molecule has 4 heteroatoms. The van der Waals surface area contributed by atoms with Crippen LogP contribution in [0.4, 0.5) is 0 Å². The number of aliphatic hydroxyl groups excluding tert-OH is 1. The van der Waals surface area contributed by atoms with E-state index in [4.69, 9.17) is 11.6 Å². The maximum Gasteiger partial charge on any atom is 0.0783 e. The van der Waals surface area contributed by atoms with Crippen LogP contribution in [0.25, 0.3) is 0 Å². The Labute approximate surface area is 123 Å². The molecule has 0 aliphatic heterocycles. The summed E-state index contributed by atoms with van der Waals surface area (Å²) in [5.74, 6) is -0.529. The van der Waals surface area contributed by atoms with E-state index in [2.05, 4.69) is 11.1 Å². The number of hydrogen-bond acceptors (Lipinski definition) is 3. The molecule has 0 aliphatic carbocycles. The molecule has 102 valence electrons. The molecular weight excluding hydrogens is 272 g/mol. The van der Waals surface area contributed by atoms with Gasteiger partial charge in [0.25, 0.3) is 0 Å². The smallest absolute Gasteiger partial charge is 0.0783 e. The Bertz CT molecular complexity index is 595. The summed E-state index contributed by atoms with van der Waals surface area (Å²) in [6.45, 7) is 0.000896. The number of nitrogens with zero attached hydrogens (tertiary/aromatic N) is 2. The SMILES string of the molecule is N#C[C@@H](c1ccccc1)[C@@H](CCO)c1cnccc1Cl. The Morgan fingerprint density at radius 2 is 2.00 bits per heavy atom. The van der Waals surface area contributed by atoms with E-state index in [1.807, 2.05) is 30.3 Å². The molecule has 0 bridgehead atoms. The van der Waals surface area contributed by atoms with Gasteiger partial charge in [-0.25, -0.2) is 0 Å². The van der Waals surface area contributed by atoms with Gasteiger partial charge < -0.3 is 5.11 Å². The average molecular weight is 287 g/mol. The molecule has 0 unspecified atom stereocenters. The van der Waals surface area contributed by atoms with Crippen LogP contribution in [-0.4, -0.2) is 16.7 Å². The van der Waals surface area contributed by atoms with Crippen molar-refractivity contribution in [2.24, 2.45) is 0 Å². The van der Waals surface area contributed by atoms with E-state index >= 15 is 0 Å². The maximum absolute atomic E-state index is 9.53. The van der Waals surface area contributed by atoms with E-state index in [0.717, 1.165) is 11.1 Å². The summed E-state index contributed by atoms with van der Waals surface area (Å²) in [5, 5.41) is 19.4. The molecule has 2 atom stereocenters. The lowest BCUT2D eigenvalue weighted by Crippen LogP contribution is -2.12. The molecule has 3 nitrogen and oxygen atoms in total. The highest BCUT2D eigenvalue weighted by Gasteiger charge is 2.26. The molecule has 0 spiro atoms. The van der Waals surface area contributed by atoms with Crippen LogP contribution >= 0.6 is 11.6 Å². The molecule has 1 aromatic carbocycles. The zero-order valence-electron chi connectivity index (χ0n) is 10.9. The van der Waals surface area contributed by atoms with Gasteiger partial charge >= 0.3 is 0 Å². The fraction of sp³-hybridized carbons (Fsp3) is 0.250. The molecule has 1 heterocycles. The second-order valence-corrected chi connectivity index (χ2v) is 4.94. The van der Waals surface area contributed by atoms with Crippen LogP contribution in [0, 0.1) is 11.3 Å². The van der Waals surface area contributed by atoms with Crippen LogP contribution in [0.5, 0.6) is 0 Å². The molecule has 0 amide bonds. The highest BCUT2D eigenvalue weighted by Crippen LogP contribution is 2.37. The highest BCUT2D eigenvalue weighted by atomic mass is 35.5. The largest absolute Gasteiger partial charge is 0.396 e. The molecule has 20 heavy (non-hydrogen) atoms. The molecule has 0 fully saturated rings. The zero-order valence-corrected chi connectivity index (χ0v) is 11.7. The number of nitriles is 1. The zero-order chi connectivity index (χ0) is 14.4. The summed E-state index contributed by atoms with van der Waals surface area (Å²) in [6, 6.07) is 13.6. The predicted octanol–water partition coefficient (Wildman–Crippen LogP) is 3.51. The Kier molecular flexibility index (Phi) is 5.11. The fourth-order valence-corrected chi connectivity index (χ4v) is 2.61. The van der Waals surface area contributed by atoms with E-state index in [1.165, 1.54) is 0 Å². The highest BCUT2D eigenvalue weighted by molar-refractivity contribution is 6.31. The molecular formula is C16H15ClN2O. The summed E-state index contributed by atoms with van der Waals surface area (Å²) in [7, 11) is 0. The molecule has 0 radical (unpaired) electrons. The molecule has 0 aliphatic rings. The average Bonchev–Trinajstić information content (AvgIpc) is 2.49. The number of aliphatic hydroxyl groups is 1. The summed E-state index contributed by atoms with van der Waals surface area (Å²) in [5.41, 5.74) is 1.73. The standard InChI is InChI=1S/C16H15ClN2O/c17-16-6-8-19-11-15(16)13(7-9-20)14(10-18)12-4-2-1-3-5-12/h1-6,8,11,13-14,20H,7,9H2/t13-,14+/m1/s1. The first-order chi connectivity index (χ1) is 9.77. The van der Waals surface area contributed by atoms with Crippen molar-refractivity contribution in [2.75, 3.05) is 6.61 Å². The summed E-state index contributed by atoms with van der Waals surface area (Å²) >= 11 is 6.21. The van der Waals surface area contributed by atoms with Gasteiger partial charge in [-0.1, -0.05) is 41.9 Å². The predicted molar refractivity (Wildman–Crippen MR) is 78.5 cm³/mol. The van der Waals surface area contributed by atoms with Gasteiger partial charge in [-0.3, -0.25) is 4.98 Å². The minimum atomic E-state index is -0.356. The lowest BCUT2D eigenvalue weighted by Gasteiger charge is -2.22. The van der Waals surface area contributed by atoms with Gasteiger partial charge in [0, 0.05) is 29.9 Å². The van der Waals surface area contributed by atoms with Gasteiger partial charge in [0.2, 0.25) is 0 Å². The van der Waals surface area contributed by atoms with Gasteiger partial charge in [-0.05, 0) is 23.6 Å². The number of pyridine rings is 1. The number of aromatic nitrogens is 1. The van der Waals surface area contributed by atoms with Crippen LogP contribution < -0.4 is 0 Å². The normalized spacial score (nSPS) is 13.4. The van der Waals surface area contributed by atoms with Gasteiger partial charge in [-0.15, -0.1) is 0 Å². The third kappa shape index (κ3) is 3.16. The van der Waals surface area contributed by atoms with Crippen LogP contribution in [-0.2, 0) is 0 Å². The molecule has 2 rings (SSSR count). The number of hydrogen-bond donors (Lipinski definition) is 1.